The van der Waals surface area contributed by atoms with Crippen LogP contribution < -0.4 is 4.90 Å². The van der Waals surface area contributed by atoms with Gasteiger partial charge in [0.1, 0.15) is 6.23 Å². The number of pyridine rings is 1. The van der Waals surface area contributed by atoms with Crippen molar-refractivity contribution in [3.63, 3.8) is 0 Å². The van der Waals surface area contributed by atoms with E-state index in [2.05, 4.69) is 27.8 Å². The summed E-state index contributed by atoms with van der Waals surface area (Å²) in [5, 5.41) is 15.6. The van der Waals surface area contributed by atoms with Crippen LogP contribution >= 0.6 is 22.9 Å². The third kappa shape index (κ3) is 4.94. The number of rotatable bonds is 6. The van der Waals surface area contributed by atoms with E-state index in [1.54, 1.807) is 18.3 Å². The molecule has 178 valence electrons. The summed E-state index contributed by atoms with van der Waals surface area (Å²) in [6, 6.07) is 17.2. The van der Waals surface area contributed by atoms with Crippen LogP contribution in [0.4, 0.5) is 11.4 Å². The summed E-state index contributed by atoms with van der Waals surface area (Å²) in [7, 11) is 0. The Balaban J connectivity index is 1.57. The number of ether oxygens (including phenoxy) is 1. The van der Waals surface area contributed by atoms with Crippen molar-refractivity contribution in [3.8, 4) is 0 Å². The van der Waals surface area contributed by atoms with E-state index in [4.69, 9.17) is 9.84 Å². The number of benzene rings is 2. The van der Waals surface area contributed by atoms with Crippen molar-refractivity contribution < 1.29 is 14.6 Å². The smallest absolute Gasteiger partial charge is 0.337 e. The van der Waals surface area contributed by atoms with E-state index in [0.29, 0.717) is 12.3 Å². The van der Waals surface area contributed by atoms with Gasteiger partial charge < -0.3 is 14.7 Å². The number of hydrogen-bond donors (Lipinski definition) is 1. The molecule has 0 spiro atoms. The van der Waals surface area contributed by atoms with E-state index in [0.717, 1.165) is 52.8 Å². The standard InChI is InChI=1S/C27H25IN4O3/c1-18-13-14-29-19(16-18)9-12-23-21-11-10-20(17-25(21)32(28)30-23)31(26-8-4-5-15-35-26)24-7-3-2-6-22(24)27(33)34/h2-3,6-7,9-14,16-17,26H,4-5,8,15H2,1H3,(H,33,34). The van der Waals surface area contributed by atoms with Crippen LogP contribution in [0.1, 0.15) is 46.6 Å². The topological polar surface area (TPSA) is 80.5 Å². The lowest BCUT2D eigenvalue weighted by molar-refractivity contribution is 0.0207. The number of carboxylic acids is 1. The highest BCUT2D eigenvalue weighted by atomic mass is 127. The minimum absolute atomic E-state index is 0.237. The van der Waals surface area contributed by atoms with Crippen LogP contribution in [-0.2, 0) is 4.74 Å². The second-order valence-corrected chi connectivity index (χ2v) is 9.47. The van der Waals surface area contributed by atoms with Gasteiger partial charge in [0.15, 0.2) is 0 Å². The molecule has 1 aliphatic heterocycles. The minimum Gasteiger partial charge on any atom is -0.478 e. The van der Waals surface area contributed by atoms with Gasteiger partial charge >= 0.3 is 5.97 Å². The summed E-state index contributed by atoms with van der Waals surface area (Å²) in [6.45, 7) is 2.70. The molecule has 8 heteroatoms. The van der Waals surface area contributed by atoms with Crippen molar-refractivity contribution in [2.24, 2.45) is 0 Å². The van der Waals surface area contributed by atoms with Gasteiger partial charge in [-0.1, -0.05) is 12.1 Å². The summed E-state index contributed by atoms with van der Waals surface area (Å²) in [5.74, 6) is -0.960. The molecule has 0 amide bonds. The highest BCUT2D eigenvalue weighted by molar-refractivity contribution is 14.1. The zero-order valence-electron chi connectivity index (χ0n) is 19.3. The van der Waals surface area contributed by atoms with E-state index in [9.17, 15) is 9.90 Å². The predicted molar refractivity (Wildman–Crippen MR) is 146 cm³/mol. The van der Waals surface area contributed by atoms with Crippen molar-refractivity contribution >= 4 is 63.3 Å². The summed E-state index contributed by atoms with van der Waals surface area (Å²) >= 11 is 2.18. The number of carbonyl (C=O) groups is 1. The Morgan fingerprint density at radius 2 is 2.03 bits per heavy atom. The maximum atomic E-state index is 12.0. The molecule has 1 saturated heterocycles. The molecular weight excluding hydrogens is 555 g/mol. The third-order valence-corrected chi connectivity index (χ3v) is 6.85. The fraction of sp³-hybridized carbons (Fsp3) is 0.222. The average molecular weight is 580 g/mol. The van der Waals surface area contributed by atoms with Gasteiger partial charge in [0.05, 0.1) is 51.0 Å². The minimum atomic E-state index is -0.960. The van der Waals surface area contributed by atoms with Gasteiger partial charge in [-0.05, 0) is 86.4 Å². The zero-order chi connectivity index (χ0) is 24.4. The average Bonchev–Trinajstić information content (AvgIpc) is 3.19. The molecule has 5 rings (SSSR count). The first kappa shape index (κ1) is 23.5. The molecule has 0 radical (unpaired) electrons. The van der Waals surface area contributed by atoms with Crippen molar-refractivity contribution in [2.75, 3.05) is 11.5 Å². The van der Waals surface area contributed by atoms with Gasteiger partial charge in [-0.3, -0.25) is 4.98 Å². The molecule has 0 bridgehead atoms. The number of halogens is 1. The molecule has 3 heterocycles. The van der Waals surface area contributed by atoms with Gasteiger partial charge in [-0.2, -0.15) is 5.10 Å². The molecule has 7 nitrogen and oxygen atoms in total. The number of aromatic carboxylic acids is 1. The maximum Gasteiger partial charge on any atom is 0.337 e. The number of fused-ring (bicyclic) bond motifs is 1. The number of hydrogen-bond acceptors (Lipinski definition) is 5. The molecule has 1 N–H and O–H groups in total. The van der Waals surface area contributed by atoms with Crippen molar-refractivity contribution in [3.05, 3.63) is 83.3 Å². The third-order valence-electron chi connectivity index (χ3n) is 6.12. The Bertz CT molecular complexity index is 1410. The fourth-order valence-electron chi connectivity index (χ4n) is 4.43. The predicted octanol–water partition coefficient (Wildman–Crippen LogP) is 6.47. The van der Waals surface area contributed by atoms with E-state index in [1.807, 2.05) is 69.3 Å². The molecule has 2 aromatic carbocycles. The Labute approximate surface area is 217 Å². The normalized spacial score (nSPS) is 16.1. The second-order valence-electron chi connectivity index (χ2n) is 8.55. The van der Waals surface area contributed by atoms with E-state index >= 15 is 0 Å². The molecule has 2 aromatic heterocycles. The number of anilines is 2. The molecule has 1 atom stereocenters. The zero-order valence-corrected chi connectivity index (χ0v) is 21.4. The van der Waals surface area contributed by atoms with Crippen LogP contribution in [-0.4, -0.2) is 36.9 Å². The van der Waals surface area contributed by atoms with Crippen molar-refractivity contribution in [1.82, 2.24) is 13.0 Å². The Morgan fingerprint density at radius 3 is 2.80 bits per heavy atom. The van der Waals surface area contributed by atoms with Gasteiger partial charge in [0.25, 0.3) is 0 Å². The Hall–Kier alpha value is -3.24. The lowest BCUT2D eigenvalue weighted by Crippen LogP contribution is -2.37. The van der Waals surface area contributed by atoms with Crippen LogP contribution in [0.5, 0.6) is 0 Å². The quantitative estimate of drug-likeness (QED) is 0.264. The Morgan fingerprint density at radius 1 is 1.17 bits per heavy atom. The monoisotopic (exact) mass is 580 g/mol. The van der Waals surface area contributed by atoms with E-state index < -0.39 is 5.97 Å². The van der Waals surface area contributed by atoms with Crippen LogP contribution in [0.15, 0.2) is 60.8 Å². The van der Waals surface area contributed by atoms with Crippen LogP contribution in [0.2, 0.25) is 0 Å². The number of aromatic nitrogens is 3. The molecule has 1 aliphatic rings. The summed E-state index contributed by atoms with van der Waals surface area (Å²) in [4.78, 5) is 18.4. The van der Waals surface area contributed by atoms with Gasteiger partial charge in [0, 0.05) is 23.9 Å². The van der Waals surface area contributed by atoms with E-state index in [1.165, 1.54) is 0 Å². The number of nitrogens with zero attached hydrogens (tertiary/aromatic N) is 4. The lowest BCUT2D eigenvalue weighted by atomic mass is 10.1. The number of para-hydroxylation sites is 1. The summed E-state index contributed by atoms with van der Waals surface area (Å²) < 4.78 is 7.94. The molecule has 35 heavy (non-hydrogen) atoms. The summed E-state index contributed by atoms with van der Waals surface area (Å²) in [6.07, 6.45) is 8.37. The molecule has 0 aliphatic carbocycles. The number of aryl methyl sites for hydroxylation is 1. The first-order chi connectivity index (χ1) is 17.0. The van der Waals surface area contributed by atoms with Gasteiger partial charge in [-0.25, -0.2) is 7.69 Å². The van der Waals surface area contributed by atoms with Crippen molar-refractivity contribution in [1.29, 1.82) is 0 Å². The fourth-order valence-corrected chi connectivity index (χ4v) is 5.06. The molecular formula is C27H25IN4O3. The van der Waals surface area contributed by atoms with Gasteiger partial charge in [-0.15, -0.1) is 0 Å². The van der Waals surface area contributed by atoms with E-state index in [-0.39, 0.29) is 11.8 Å². The largest absolute Gasteiger partial charge is 0.478 e. The Kier molecular flexibility index (Phi) is 6.83. The molecule has 1 unspecified atom stereocenters. The van der Waals surface area contributed by atoms with Crippen LogP contribution in [0, 0.1) is 6.92 Å². The lowest BCUT2D eigenvalue weighted by Gasteiger charge is -2.36. The summed E-state index contributed by atoms with van der Waals surface area (Å²) in [5.41, 5.74) is 5.55. The van der Waals surface area contributed by atoms with Crippen molar-refractivity contribution in [2.45, 2.75) is 32.4 Å². The molecule has 0 saturated carbocycles. The first-order valence-corrected chi connectivity index (χ1v) is 12.5. The number of carboxylic acid groups (broad SMARTS) is 1. The first-order valence-electron chi connectivity index (χ1n) is 11.5. The SMILES string of the molecule is Cc1ccnc(C=Cc2nn(I)c3cc(N(c4ccccc4C(=O)O)C4CCCCO4)ccc23)c1. The maximum absolute atomic E-state index is 12.0. The highest BCUT2D eigenvalue weighted by Gasteiger charge is 2.27. The van der Waals surface area contributed by atoms with Crippen LogP contribution in [0.25, 0.3) is 23.1 Å². The molecule has 1 fully saturated rings. The van der Waals surface area contributed by atoms with Gasteiger partial charge in [0.2, 0.25) is 0 Å². The van der Waals surface area contributed by atoms with Crippen LogP contribution in [0.3, 0.4) is 0 Å². The highest BCUT2D eigenvalue weighted by Crippen LogP contribution is 2.37. The molecule has 4 aromatic rings. The second kappa shape index (κ2) is 10.2.